The molecule has 4 N–H and O–H groups in total. The summed E-state index contributed by atoms with van der Waals surface area (Å²) in [5, 5.41) is 35.8. The maximum Gasteiger partial charge on any atom is 1.00 e. The van der Waals surface area contributed by atoms with Crippen molar-refractivity contribution in [3.8, 4) is 0 Å². The summed E-state index contributed by atoms with van der Waals surface area (Å²) in [6, 6.07) is 0. The number of aliphatic hydroxyl groups excluding tert-OH is 4. The minimum atomic E-state index is -5.89. The van der Waals surface area contributed by atoms with Crippen LogP contribution in [-0.4, -0.2) is 57.7 Å². The van der Waals surface area contributed by atoms with E-state index in [0.717, 1.165) is 0 Å². The van der Waals surface area contributed by atoms with Gasteiger partial charge in [-0.3, -0.25) is 13.7 Å². The van der Waals surface area contributed by atoms with Gasteiger partial charge < -0.3 is 44.2 Å². The quantitative estimate of drug-likeness (QED) is 0.207. The number of hydrogen-bond donors (Lipinski definition) is 4. The van der Waals surface area contributed by atoms with Crippen LogP contribution in [0, 0.1) is 0 Å². The van der Waals surface area contributed by atoms with Gasteiger partial charge in [0.2, 0.25) is 0 Å². The van der Waals surface area contributed by atoms with Gasteiger partial charge in [0, 0.05) is 0 Å². The summed E-state index contributed by atoms with van der Waals surface area (Å²) in [4.78, 5) is 41.6. The van der Waals surface area contributed by atoms with E-state index in [9.17, 15) is 38.8 Å². The molecule has 0 saturated heterocycles. The van der Waals surface area contributed by atoms with E-state index >= 15 is 0 Å². The number of rotatable bonds is 9. The molecule has 0 aliphatic heterocycles. The van der Waals surface area contributed by atoms with Crippen molar-refractivity contribution in [1.29, 1.82) is 0 Å². The summed E-state index contributed by atoms with van der Waals surface area (Å²) < 4.78 is 27.6. The molecular formula is C6H11Na3O12P2. The van der Waals surface area contributed by atoms with Crippen molar-refractivity contribution in [2.75, 3.05) is 13.2 Å². The van der Waals surface area contributed by atoms with Crippen molar-refractivity contribution < 1.29 is 147 Å². The molecule has 12 nitrogen and oxygen atoms in total. The zero-order valence-corrected chi connectivity index (χ0v) is 20.4. The molecule has 0 rings (SSSR count). The zero-order valence-electron chi connectivity index (χ0n) is 12.6. The van der Waals surface area contributed by atoms with Gasteiger partial charge in [0.25, 0.3) is 7.82 Å². The minimum absolute atomic E-state index is 0. The van der Waals surface area contributed by atoms with E-state index in [2.05, 4.69) is 8.83 Å². The first kappa shape index (κ1) is 33.4. The van der Waals surface area contributed by atoms with Crippen molar-refractivity contribution >= 4 is 21.4 Å². The first-order valence-electron chi connectivity index (χ1n) is 4.76. The van der Waals surface area contributed by atoms with Crippen LogP contribution in [0.3, 0.4) is 0 Å². The Hall–Kier alpha value is 2.77. The normalized spacial score (nSPS) is 17.3. The summed E-state index contributed by atoms with van der Waals surface area (Å²) in [6.45, 7) is -2.46. The van der Waals surface area contributed by atoms with Gasteiger partial charge in [-0.25, -0.2) is 0 Å². The molecule has 0 heterocycles. The van der Waals surface area contributed by atoms with Gasteiger partial charge in [-0.15, -0.1) is 0 Å². The Balaban J connectivity index is -0.000000602. The third-order valence-electron chi connectivity index (χ3n) is 1.81. The first-order valence-corrected chi connectivity index (χ1v) is 7.68. The van der Waals surface area contributed by atoms with Gasteiger partial charge in [0.05, 0.1) is 14.4 Å². The van der Waals surface area contributed by atoms with Crippen LogP contribution in [0.15, 0.2) is 0 Å². The molecule has 0 saturated carbocycles. The molecule has 0 aromatic carbocycles. The molecule has 0 aliphatic carbocycles. The monoisotopic (exact) mass is 406 g/mol. The summed E-state index contributed by atoms with van der Waals surface area (Å²) in [6.07, 6.45) is -6.60. The predicted octanol–water partition coefficient (Wildman–Crippen LogP) is -14.0. The molecule has 120 valence electrons. The molecule has 0 aromatic rings. The van der Waals surface area contributed by atoms with E-state index in [-0.39, 0.29) is 88.7 Å². The standard InChI is InChI=1S/C6H14O12P2.3Na/c7-1-3(8)5(10)6(11)4(9)2-17-20(15,16)18-19(12,13)14;;;/h4-7,9-11H,1-2H2,(H,15,16)(H2,12,13,14);;;/q;3*+1/p-3/t4-,5-,6-;;;/m1.../s1. The Kier molecular flexibility index (Phi) is 21.4. The van der Waals surface area contributed by atoms with Gasteiger partial charge in [-0.1, -0.05) is 0 Å². The molecule has 0 radical (unpaired) electrons. The van der Waals surface area contributed by atoms with E-state index in [1.54, 1.807) is 0 Å². The van der Waals surface area contributed by atoms with E-state index in [4.69, 9.17) is 10.2 Å². The van der Waals surface area contributed by atoms with Crippen LogP contribution < -0.4 is 103 Å². The summed E-state index contributed by atoms with van der Waals surface area (Å²) >= 11 is 0. The van der Waals surface area contributed by atoms with Crippen LogP contribution in [0.2, 0.25) is 0 Å². The molecule has 4 atom stereocenters. The molecule has 0 bridgehead atoms. The van der Waals surface area contributed by atoms with E-state index < -0.39 is 53.0 Å². The van der Waals surface area contributed by atoms with Crippen molar-refractivity contribution in [1.82, 2.24) is 0 Å². The number of phosphoric ester groups is 1. The molecule has 0 fully saturated rings. The molecule has 0 amide bonds. The fourth-order valence-electron chi connectivity index (χ4n) is 0.907. The van der Waals surface area contributed by atoms with E-state index in [0.29, 0.717) is 0 Å². The Morgan fingerprint density at radius 1 is 1.04 bits per heavy atom. The summed E-state index contributed by atoms with van der Waals surface area (Å²) in [7, 11) is -11.5. The van der Waals surface area contributed by atoms with Crippen LogP contribution >= 0.6 is 15.6 Å². The number of hydrogen-bond acceptors (Lipinski definition) is 12. The molecular weight excluding hydrogens is 395 g/mol. The van der Waals surface area contributed by atoms with Gasteiger partial charge in [0.1, 0.15) is 24.9 Å². The van der Waals surface area contributed by atoms with Gasteiger partial charge in [0.15, 0.2) is 5.78 Å². The number of carbonyl (C=O) groups is 1. The topological polar surface area (TPSA) is 220 Å². The van der Waals surface area contributed by atoms with Gasteiger partial charge >= 0.3 is 88.7 Å². The van der Waals surface area contributed by atoms with Crippen LogP contribution in [0.5, 0.6) is 0 Å². The second kappa shape index (κ2) is 14.8. The minimum Gasteiger partial charge on any atom is -0.790 e. The van der Waals surface area contributed by atoms with Crippen LogP contribution in [0.25, 0.3) is 0 Å². The second-order valence-corrected chi connectivity index (χ2v) is 6.10. The maximum atomic E-state index is 10.8. The maximum absolute atomic E-state index is 10.8. The van der Waals surface area contributed by atoms with Gasteiger partial charge in [-0.2, -0.15) is 0 Å². The molecule has 23 heavy (non-hydrogen) atoms. The zero-order chi connectivity index (χ0) is 16.1. The third-order valence-corrected chi connectivity index (χ3v) is 3.87. The average molecular weight is 406 g/mol. The molecule has 17 heteroatoms. The number of aliphatic hydroxyl groups is 4. The third kappa shape index (κ3) is 15.5. The van der Waals surface area contributed by atoms with Crippen LogP contribution in [0.4, 0.5) is 0 Å². The SMILES string of the molecule is O=C(CO)[C@@H](O)[C@H](O)[C@H](O)COP(=O)([O-])OP(=O)([O-])[O-].[Na+].[Na+].[Na+]. The van der Waals surface area contributed by atoms with Gasteiger partial charge in [-0.05, 0) is 0 Å². The number of carbonyl (C=O) groups excluding carboxylic acids is 1. The second-order valence-electron chi connectivity index (χ2n) is 3.40. The molecule has 0 aromatic heterocycles. The average Bonchev–Trinajstić information content (AvgIpc) is 2.30. The predicted molar refractivity (Wildman–Crippen MR) is 52.4 cm³/mol. The van der Waals surface area contributed by atoms with Crippen molar-refractivity contribution in [2.24, 2.45) is 0 Å². The molecule has 0 spiro atoms. The number of phosphoric acid groups is 2. The van der Waals surface area contributed by atoms with E-state index in [1.807, 2.05) is 0 Å². The Morgan fingerprint density at radius 2 is 1.48 bits per heavy atom. The van der Waals surface area contributed by atoms with Crippen molar-refractivity contribution in [3.63, 3.8) is 0 Å². The molecule has 1 unspecified atom stereocenters. The smallest absolute Gasteiger partial charge is 0.790 e. The van der Waals surface area contributed by atoms with Crippen LogP contribution in [0.1, 0.15) is 0 Å². The Labute approximate surface area is 197 Å². The Bertz CT molecular complexity index is 429. The van der Waals surface area contributed by atoms with Crippen LogP contribution in [-0.2, 0) is 22.8 Å². The fraction of sp³-hybridized carbons (Fsp3) is 0.833. The molecule has 0 aliphatic rings. The summed E-state index contributed by atoms with van der Waals surface area (Å²) in [5.41, 5.74) is 0. The van der Waals surface area contributed by atoms with E-state index in [1.165, 1.54) is 0 Å². The number of ketones is 1. The Morgan fingerprint density at radius 3 is 1.83 bits per heavy atom. The number of Topliss-reactive ketones (excluding diaryl/α,β-unsaturated/α-hetero) is 1. The largest absolute Gasteiger partial charge is 1.00 e. The van der Waals surface area contributed by atoms with Crippen molar-refractivity contribution in [3.05, 3.63) is 0 Å². The van der Waals surface area contributed by atoms with Crippen molar-refractivity contribution in [2.45, 2.75) is 18.3 Å². The summed E-state index contributed by atoms with van der Waals surface area (Å²) in [5.74, 6) is -1.26. The first-order chi connectivity index (χ1) is 8.89. The fourth-order valence-corrected chi connectivity index (χ4v) is 2.41.